The third-order valence-corrected chi connectivity index (χ3v) is 5.14. The zero-order chi connectivity index (χ0) is 19.1. The second kappa shape index (κ2) is 9.37. The first-order chi connectivity index (χ1) is 13.2. The number of aryl methyl sites for hydroxylation is 1. The maximum Gasteiger partial charge on any atom is 0.226 e. The maximum atomic E-state index is 5.61. The fraction of sp³-hybridized carbons (Fsp3) is 0.333. The van der Waals surface area contributed by atoms with Crippen molar-refractivity contribution in [2.45, 2.75) is 26.2 Å². The van der Waals surface area contributed by atoms with E-state index in [2.05, 4.69) is 63.4 Å². The molecule has 2 aromatic heterocycles. The predicted molar refractivity (Wildman–Crippen MR) is 112 cm³/mol. The van der Waals surface area contributed by atoms with Gasteiger partial charge in [0.05, 0.1) is 5.69 Å². The topological polar surface area (TPSA) is 62.5 Å². The first-order valence-corrected chi connectivity index (χ1v) is 10.1. The molecule has 27 heavy (non-hydrogen) atoms. The summed E-state index contributed by atoms with van der Waals surface area (Å²) in [6, 6.07) is 10.4. The monoisotopic (exact) mass is 382 g/mol. The number of rotatable bonds is 7. The smallest absolute Gasteiger partial charge is 0.226 e. The van der Waals surface area contributed by atoms with Crippen LogP contribution in [0.4, 0.5) is 0 Å². The third kappa shape index (κ3) is 5.44. The van der Waals surface area contributed by atoms with E-state index in [-0.39, 0.29) is 0 Å². The lowest BCUT2D eigenvalue weighted by atomic mass is 10.1. The third-order valence-electron chi connectivity index (χ3n) is 4.44. The van der Waals surface area contributed by atoms with Gasteiger partial charge < -0.3 is 15.1 Å². The number of aliphatic imine (C=N–C) groups is 1. The number of hydrogen-bond donors (Lipinski definition) is 2. The van der Waals surface area contributed by atoms with Crippen molar-refractivity contribution in [1.82, 2.24) is 15.6 Å². The summed E-state index contributed by atoms with van der Waals surface area (Å²) in [6.45, 7) is 5.87. The quantitative estimate of drug-likeness (QED) is 0.474. The Balaban J connectivity index is 1.45. The summed E-state index contributed by atoms with van der Waals surface area (Å²) in [5.41, 5.74) is 4.51. The summed E-state index contributed by atoms with van der Waals surface area (Å²) in [7, 11) is 1.79. The van der Waals surface area contributed by atoms with Crippen molar-refractivity contribution in [2.24, 2.45) is 4.99 Å². The van der Waals surface area contributed by atoms with Crippen molar-refractivity contribution in [3.05, 3.63) is 64.2 Å². The SMILES string of the molecule is CN=C(NCCc1coc(-c2ccc(C)cc2)n1)NCC(C)c1ccsc1. The van der Waals surface area contributed by atoms with E-state index in [4.69, 9.17) is 4.42 Å². The summed E-state index contributed by atoms with van der Waals surface area (Å²) < 4.78 is 5.61. The van der Waals surface area contributed by atoms with E-state index in [1.54, 1.807) is 24.6 Å². The van der Waals surface area contributed by atoms with Crippen molar-refractivity contribution in [2.75, 3.05) is 20.1 Å². The minimum atomic E-state index is 0.447. The summed E-state index contributed by atoms with van der Waals surface area (Å²) in [5, 5.41) is 11.0. The molecule has 0 aliphatic rings. The van der Waals surface area contributed by atoms with Crippen LogP contribution in [-0.4, -0.2) is 31.1 Å². The molecular formula is C21H26N4OS. The molecular weight excluding hydrogens is 356 g/mol. The minimum absolute atomic E-state index is 0.447. The van der Waals surface area contributed by atoms with Crippen molar-refractivity contribution in [1.29, 1.82) is 0 Å². The van der Waals surface area contributed by atoms with Crippen LogP contribution >= 0.6 is 11.3 Å². The Morgan fingerprint density at radius 1 is 1.22 bits per heavy atom. The van der Waals surface area contributed by atoms with E-state index < -0.39 is 0 Å². The van der Waals surface area contributed by atoms with Crippen LogP contribution in [-0.2, 0) is 6.42 Å². The molecule has 0 fully saturated rings. The highest BCUT2D eigenvalue weighted by Crippen LogP contribution is 2.19. The normalized spacial score (nSPS) is 12.8. The molecule has 2 heterocycles. The lowest BCUT2D eigenvalue weighted by Gasteiger charge is -2.15. The minimum Gasteiger partial charge on any atom is -0.444 e. The van der Waals surface area contributed by atoms with Gasteiger partial charge in [-0.15, -0.1) is 0 Å². The molecule has 0 spiro atoms. The second-order valence-corrected chi connectivity index (χ2v) is 7.38. The van der Waals surface area contributed by atoms with E-state index in [1.807, 2.05) is 12.1 Å². The maximum absolute atomic E-state index is 5.61. The number of nitrogens with one attached hydrogen (secondary N) is 2. The van der Waals surface area contributed by atoms with E-state index in [0.29, 0.717) is 11.8 Å². The molecule has 1 atom stereocenters. The highest BCUT2D eigenvalue weighted by molar-refractivity contribution is 7.07. The Hall–Kier alpha value is -2.60. The van der Waals surface area contributed by atoms with Crippen molar-refractivity contribution in [3.8, 4) is 11.5 Å². The van der Waals surface area contributed by atoms with Crippen LogP contribution in [0.15, 0.2) is 56.8 Å². The highest BCUT2D eigenvalue weighted by atomic mass is 32.1. The highest BCUT2D eigenvalue weighted by Gasteiger charge is 2.08. The molecule has 0 amide bonds. The number of aromatic nitrogens is 1. The van der Waals surface area contributed by atoms with E-state index in [9.17, 15) is 0 Å². The van der Waals surface area contributed by atoms with Crippen LogP contribution < -0.4 is 10.6 Å². The fourth-order valence-electron chi connectivity index (χ4n) is 2.70. The van der Waals surface area contributed by atoms with Crippen molar-refractivity contribution >= 4 is 17.3 Å². The number of nitrogens with zero attached hydrogens (tertiary/aromatic N) is 2. The second-order valence-electron chi connectivity index (χ2n) is 6.60. The molecule has 0 bridgehead atoms. The lowest BCUT2D eigenvalue weighted by molar-refractivity contribution is 0.572. The number of guanidine groups is 1. The molecule has 2 N–H and O–H groups in total. The molecule has 0 aliphatic heterocycles. The Kier molecular flexibility index (Phi) is 6.65. The van der Waals surface area contributed by atoms with E-state index >= 15 is 0 Å². The summed E-state index contributed by atoms with van der Waals surface area (Å²) in [4.78, 5) is 8.86. The summed E-state index contributed by atoms with van der Waals surface area (Å²) in [5.74, 6) is 1.92. The standard InChI is InChI=1S/C21H26N4OS/c1-15-4-6-17(7-5-15)20-25-19(13-26-20)8-10-23-21(22-3)24-12-16(2)18-9-11-27-14-18/h4-7,9,11,13-14,16H,8,10,12H2,1-3H3,(H2,22,23,24). The van der Waals surface area contributed by atoms with Gasteiger partial charge in [0.1, 0.15) is 6.26 Å². The van der Waals surface area contributed by atoms with Gasteiger partial charge >= 0.3 is 0 Å². The summed E-state index contributed by atoms with van der Waals surface area (Å²) in [6.07, 6.45) is 2.50. The van der Waals surface area contributed by atoms with Crippen molar-refractivity contribution in [3.63, 3.8) is 0 Å². The molecule has 3 rings (SSSR count). The number of thiophene rings is 1. The van der Waals surface area contributed by atoms with Gasteiger partial charge in [0.15, 0.2) is 5.96 Å². The first-order valence-electron chi connectivity index (χ1n) is 9.13. The van der Waals surface area contributed by atoms with Gasteiger partial charge in [-0.2, -0.15) is 11.3 Å². The predicted octanol–water partition coefficient (Wildman–Crippen LogP) is 4.22. The average Bonchev–Trinajstić information content (AvgIpc) is 3.37. The molecule has 0 aliphatic carbocycles. The molecule has 1 unspecified atom stereocenters. The number of oxazole rings is 1. The van der Waals surface area contributed by atoms with Crippen molar-refractivity contribution < 1.29 is 4.42 Å². The Labute approximate surface area is 164 Å². The molecule has 142 valence electrons. The van der Waals surface area contributed by atoms with Crippen LogP contribution in [0.1, 0.15) is 29.7 Å². The first kappa shape index (κ1) is 19.2. The molecule has 6 heteroatoms. The Bertz CT molecular complexity index is 853. The van der Waals surface area contributed by atoms with E-state index in [1.165, 1.54) is 11.1 Å². The Morgan fingerprint density at radius 2 is 2.04 bits per heavy atom. The van der Waals surface area contributed by atoms with Gasteiger partial charge in [-0.1, -0.05) is 24.6 Å². The van der Waals surface area contributed by atoms with Gasteiger partial charge in [-0.3, -0.25) is 4.99 Å². The largest absolute Gasteiger partial charge is 0.444 e. The van der Waals surface area contributed by atoms with Gasteiger partial charge in [0.2, 0.25) is 5.89 Å². The van der Waals surface area contributed by atoms with Crippen LogP contribution in [0.3, 0.4) is 0 Å². The number of benzene rings is 1. The molecule has 0 saturated heterocycles. The fourth-order valence-corrected chi connectivity index (χ4v) is 3.49. The zero-order valence-electron chi connectivity index (χ0n) is 16.0. The zero-order valence-corrected chi connectivity index (χ0v) is 16.8. The van der Waals surface area contributed by atoms with Crippen LogP contribution in [0.25, 0.3) is 11.5 Å². The molecule has 1 aromatic carbocycles. The van der Waals surface area contributed by atoms with Crippen LogP contribution in [0.5, 0.6) is 0 Å². The lowest BCUT2D eigenvalue weighted by Crippen LogP contribution is -2.39. The number of hydrogen-bond acceptors (Lipinski definition) is 4. The molecule has 5 nitrogen and oxygen atoms in total. The van der Waals surface area contributed by atoms with Crippen LogP contribution in [0, 0.1) is 6.92 Å². The Morgan fingerprint density at radius 3 is 2.74 bits per heavy atom. The molecule has 0 saturated carbocycles. The molecule has 0 radical (unpaired) electrons. The molecule has 3 aromatic rings. The average molecular weight is 383 g/mol. The van der Waals surface area contributed by atoms with E-state index in [0.717, 1.165) is 36.7 Å². The van der Waals surface area contributed by atoms with Gasteiger partial charge in [0.25, 0.3) is 0 Å². The van der Waals surface area contributed by atoms with Gasteiger partial charge in [-0.05, 0) is 47.4 Å². The van der Waals surface area contributed by atoms with Crippen LogP contribution in [0.2, 0.25) is 0 Å². The van der Waals surface area contributed by atoms with Gasteiger partial charge in [-0.25, -0.2) is 4.98 Å². The van der Waals surface area contributed by atoms with Gasteiger partial charge in [0, 0.05) is 32.1 Å². The summed E-state index contributed by atoms with van der Waals surface area (Å²) >= 11 is 1.73.